The molecule has 0 fully saturated rings. The van der Waals surface area contributed by atoms with Crippen molar-refractivity contribution in [3.05, 3.63) is 34.7 Å². The number of aliphatic carboxylic acids is 1. The monoisotopic (exact) mass is 294 g/mol. The van der Waals surface area contributed by atoms with Crippen LogP contribution < -0.4 is 0 Å². The number of rotatable bonds is 6. The molecule has 0 unspecified atom stereocenters. The second kappa shape index (κ2) is 6.52. The van der Waals surface area contributed by atoms with Crippen molar-refractivity contribution in [1.29, 1.82) is 0 Å². The van der Waals surface area contributed by atoms with Crippen LogP contribution in [-0.2, 0) is 11.2 Å². The average molecular weight is 295 g/mol. The number of benzene rings is 1. The van der Waals surface area contributed by atoms with E-state index in [0.29, 0.717) is 36.1 Å². The minimum atomic E-state index is -0.784. The highest BCUT2D eigenvalue weighted by molar-refractivity contribution is 6.30. The van der Waals surface area contributed by atoms with Crippen molar-refractivity contribution in [3.63, 3.8) is 0 Å². The van der Waals surface area contributed by atoms with E-state index >= 15 is 0 Å². The maximum Gasteiger partial charge on any atom is 0.303 e. The summed E-state index contributed by atoms with van der Waals surface area (Å²) in [6.45, 7) is 1.93. The summed E-state index contributed by atoms with van der Waals surface area (Å²) in [6.07, 6.45) is 2.07. The van der Waals surface area contributed by atoms with E-state index in [0.717, 1.165) is 11.1 Å². The summed E-state index contributed by atoms with van der Waals surface area (Å²) in [5.41, 5.74) is 1.83. The van der Waals surface area contributed by atoms with Gasteiger partial charge in [0, 0.05) is 23.4 Å². The largest absolute Gasteiger partial charge is 0.481 e. The molecule has 1 heterocycles. The van der Waals surface area contributed by atoms with Crippen LogP contribution in [0.25, 0.3) is 11.5 Å². The molecular weight excluding hydrogens is 280 g/mol. The van der Waals surface area contributed by atoms with Gasteiger partial charge in [-0.15, -0.1) is 10.2 Å². The lowest BCUT2D eigenvalue weighted by Gasteiger charge is -2.00. The Hall–Kier alpha value is -1.88. The highest BCUT2D eigenvalue weighted by Gasteiger charge is 2.11. The van der Waals surface area contributed by atoms with Gasteiger partial charge in [-0.2, -0.15) is 0 Å². The second-order valence-electron chi connectivity index (χ2n) is 4.56. The molecule has 0 bridgehead atoms. The first-order valence-electron chi connectivity index (χ1n) is 6.37. The van der Waals surface area contributed by atoms with Crippen LogP contribution in [0.15, 0.2) is 22.6 Å². The molecule has 0 spiro atoms. The van der Waals surface area contributed by atoms with Crippen LogP contribution in [0.4, 0.5) is 0 Å². The molecule has 2 aromatic rings. The van der Waals surface area contributed by atoms with E-state index in [1.807, 2.05) is 19.1 Å². The smallest absolute Gasteiger partial charge is 0.303 e. The number of unbranched alkanes of at least 4 members (excludes halogenated alkanes) is 1. The zero-order valence-corrected chi connectivity index (χ0v) is 11.9. The fraction of sp³-hybridized carbons (Fsp3) is 0.357. The van der Waals surface area contributed by atoms with Gasteiger partial charge in [0.25, 0.3) is 0 Å². The lowest BCUT2D eigenvalue weighted by Crippen LogP contribution is -1.95. The van der Waals surface area contributed by atoms with Crippen LogP contribution >= 0.6 is 11.6 Å². The number of halogens is 1. The highest BCUT2D eigenvalue weighted by atomic mass is 35.5. The number of aryl methyl sites for hydroxylation is 2. The van der Waals surface area contributed by atoms with Crippen molar-refractivity contribution in [1.82, 2.24) is 10.2 Å². The molecule has 0 saturated carbocycles. The van der Waals surface area contributed by atoms with Crippen molar-refractivity contribution < 1.29 is 14.3 Å². The predicted octanol–water partition coefficient (Wildman–Crippen LogP) is 3.50. The third kappa shape index (κ3) is 3.81. The van der Waals surface area contributed by atoms with Crippen LogP contribution in [0.3, 0.4) is 0 Å². The first-order chi connectivity index (χ1) is 9.56. The van der Waals surface area contributed by atoms with Crippen LogP contribution in [0.1, 0.15) is 30.7 Å². The lowest BCUT2D eigenvalue weighted by atomic mass is 10.1. The normalized spacial score (nSPS) is 10.7. The van der Waals surface area contributed by atoms with E-state index in [1.54, 1.807) is 6.07 Å². The number of aromatic nitrogens is 2. The molecular formula is C14H15ClN2O3. The van der Waals surface area contributed by atoms with E-state index in [-0.39, 0.29) is 6.42 Å². The molecule has 0 aliphatic rings. The van der Waals surface area contributed by atoms with Gasteiger partial charge in [-0.1, -0.05) is 11.6 Å². The van der Waals surface area contributed by atoms with Crippen molar-refractivity contribution in [3.8, 4) is 11.5 Å². The number of carboxylic acid groups (broad SMARTS) is 1. The summed E-state index contributed by atoms with van der Waals surface area (Å²) in [4.78, 5) is 10.4. The molecule has 1 aromatic carbocycles. The number of carboxylic acids is 1. The number of hydrogen-bond donors (Lipinski definition) is 1. The molecule has 2 rings (SSSR count). The summed E-state index contributed by atoms with van der Waals surface area (Å²) in [7, 11) is 0. The van der Waals surface area contributed by atoms with Crippen LogP contribution in [0, 0.1) is 6.92 Å². The van der Waals surface area contributed by atoms with Crippen LogP contribution in [0.5, 0.6) is 0 Å². The molecule has 0 amide bonds. The van der Waals surface area contributed by atoms with Crippen molar-refractivity contribution in [2.45, 2.75) is 32.6 Å². The van der Waals surface area contributed by atoms with Crippen LogP contribution in [0.2, 0.25) is 5.02 Å². The fourth-order valence-electron chi connectivity index (χ4n) is 1.88. The second-order valence-corrected chi connectivity index (χ2v) is 5.00. The summed E-state index contributed by atoms with van der Waals surface area (Å²) >= 11 is 5.91. The van der Waals surface area contributed by atoms with E-state index in [1.165, 1.54) is 0 Å². The Labute approximate surface area is 121 Å². The molecule has 0 atom stereocenters. The fourth-order valence-corrected chi connectivity index (χ4v) is 2.11. The number of hydrogen-bond acceptors (Lipinski definition) is 4. The first-order valence-corrected chi connectivity index (χ1v) is 6.75. The minimum Gasteiger partial charge on any atom is -0.481 e. The molecule has 0 aliphatic carbocycles. The zero-order valence-electron chi connectivity index (χ0n) is 11.1. The van der Waals surface area contributed by atoms with E-state index in [2.05, 4.69) is 10.2 Å². The van der Waals surface area contributed by atoms with Gasteiger partial charge in [0.1, 0.15) is 0 Å². The first kappa shape index (κ1) is 14.5. The number of carbonyl (C=O) groups is 1. The van der Waals surface area contributed by atoms with E-state index in [4.69, 9.17) is 21.1 Å². The minimum absolute atomic E-state index is 0.164. The van der Waals surface area contributed by atoms with Gasteiger partial charge in [0.15, 0.2) is 0 Å². The summed E-state index contributed by atoms with van der Waals surface area (Å²) in [5.74, 6) is 0.208. The van der Waals surface area contributed by atoms with E-state index in [9.17, 15) is 4.79 Å². The zero-order chi connectivity index (χ0) is 14.5. The van der Waals surface area contributed by atoms with Crippen LogP contribution in [-0.4, -0.2) is 21.3 Å². The van der Waals surface area contributed by atoms with E-state index < -0.39 is 5.97 Å². The SMILES string of the molecule is Cc1cc(Cl)ccc1-c1nnc(CCCCC(=O)O)o1. The summed E-state index contributed by atoms with van der Waals surface area (Å²) in [6, 6.07) is 5.47. The third-order valence-corrected chi connectivity index (χ3v) is 3.15. The average Bonchev–Trinajstić information content (AvgIpc) is 2.83. The van der Waals surface area contributed by atoms with Crippen molar-refractivity contribution in [2.75, 3.05) is 0 Å². The molecule has 0 aliphatic heterocycles. The third-order valence-electron chi connectivity index (χ3n) is 2.92. The molecule has 106 valence electrons. The predicted molar refractivity (Wildman–Crippen MR) is 74.7 cm³/mol. The standard InChI is InChI=1S/C14H15ClN2O3/c1-9-8-10(15)6-7-11(9)14-17-16-12(20-14)4-2-3-5-13(18)19/h6-8H,2-5H2,1H3,(H,18,19). The Balaban J connectivity index is 1.99. The molecule has 1 N–H and O–H groups in total. The van der Waals surface area contributed by atoms with Crippen molar-refractivity contribution >= 4 is 17.6 Å². The topological polar surface area (TPSA) is 76.2 Å². The molecule has 5 nitrogen and oxygen atoms in total. The lowest BCUT2D eigenvalue weighted by molar-refractivity contribution is -0.137. The highest BCUT2D eigenvalue weighted by Crippen LogP contribution is 2.25. The Morgan fingerprint density at radius 1 is 1.35 bits per heavy atom. The molecule has 0 saturated heterocycles. The summed E-state index contributed by atoms with van der Waals surface area (Å²) in [5, 5.41) is 17.2. The maximum absolute atomic E-state index is 10.4. The molecule has 20 heavy (non-hydrogen) atoms. The maximum atomic E-state index is 10.4. The van der Waals surface area contributed by atoms with Gasteiger partial charge in [0.05, 0.1) is 0 Å². The molecule has 0 radical (unpaired) electrons. The Morgan fingerprint density at radius 2 is 2.15 bits per heavy atom. The van der Waals surface area contributed by atoms with Gasteiger partial charge in [-0.25, -0.2) is 0 Å². The van der Waals surface area contributed by atoms with Gasteiger partial charge >= 0.3 is 5.97 Å². The van der Waals surface area contributed by atoms with Gasteiger partial charge in [-0.3, -0.25) is 4.79 Å². The molecule has 1 aromatic heterocycles. The Kier molecular flexibility index (Phi) is 4.74. The Bertz CT molecular complexity index is 610. The van der Waals surface area contributed by atoms with Gasteiger partial charge < -0.3 is 9.52 Å². The summed E-state index contributed by atoms with van der Waals surface area (Å²) < 4.78 is 5.58. The Morgan fingerprint density at radius 3 is 2.85 bits per heavy atom. The molecule has 6 heteroatoms. The quantitative estimate of drug-likeness (QED) is 0.825. The van der Waals surface area contributed by atoms with Gasteiger partial charge in [-0.05, 0) is 43.5 Å². The van der Waals surface area contributed by atoms with Crippen molar-refractivity contribution in [2.24, 2.45) is 0 Å². The number of nitrogens with zero attached hydrogens (tertiary/aromatic N) is 2. The van der Waals surface area contributed by atoms with Gasteiger partial charge in [0.2, 0.25) is 11.8 Å².